The van der Waals surface area contributed by atoms with E-state index in [9.17, 15) is 14.9 Å². The van der Waals surface area contributed by atoms with E-state index in [1.165, 1.54) is 30.0 Å². The van der Waals surface area contributed by atoms with Gasteiger partial charge in [0.2, 0.25) is 5.91 Å². The molecule has 0 radical (unpaired) electrons. The van der Waals surface area contributed by atoms with Crippen molar-refractivity contribution in [3.8, 4) is 0 Å². The molecule has 0 bridgehead atoms. The number of rotatable bonds is 8. The van der Waals surface area contributed by atoms with E-state index >= 15 is 0 Å². The Morgan fingerprint density at radius 1 is 1.23 bits per heavy atom. The molecule has 0 atom stereocenters. The molecule has 1 N–H and O–H groups in total. The topological polar surface area (TPSA) is 103 Å². The third kappa shape index (κ3) is 4.80. The number of amides is 1. The fraction of sp³-hybridized carbons (Fsp3) is 0.250. The van der Waals surface area contributed by atoms with Gasteiger partial charge in [-0.2, -0.15) is 0 Å². The van der Waals surface area contributed by atoms with Crippen LogP contribution in [0.4, 0.5) is 11.4 Å². The first-order valence-electron chi connectivity index (χ1n) is 9.35. The molecule has 30 heavy (non-hydrogen) atoms. The highest BCUT2D eigenvalue weighted by molar-refractivity contribution is 7.99. The second-order valence-corrected chi connectivity index (χ2v) is 8.29. The Morgan fingerprint density at radius 3 is 2.70 bits per heavy atom. The molecule has 1 aromatic heterocycles. The van der Waals surface area contributed by atoms with Gasteiger partial charge >= 0.3 is 0 Å². The number of non-ortho nitro benzene ring substituents is 1. The lowest BCUT2D eigenvalue weighted by Crippen LogP contribution is -2.15. The number of halogens is 1. The van der Waals surface area contributed by atoms with Gasteiger partial charge in [0.1, 0.15) is 5.82 Å². The largest absolute Gasteiger partial charge is 0.324 e. The first-order valence-corrected chi connectivity index (χ1v) is 10.7. The van der Waals surface area contributed by atoms with E-state index < -0.39 is 4.92 Å². The number of carbonyl (C=O) groups is 1. The number of hydrogen-bond acceptors (Lipinski definition) is 6. The Bertz CT molecular complexity index is 1090. The van der Waals surface area contributed by atoms with Crippen LogP contribution in [0, 0.1) is 10.1 Å². The van der Waals surface area contributed by atoms with Gasteiger partial charge in [0.05, 0.1) is 27.9 Å². The minimum absolute atomic E-state index is 0.0800. The molecule has 1 heterocycles. The van der Waals surface area contributed by atoms with Crippen LogP contribution in [0.5, 0.6) is 0 Å². The number of nitrogens with one attached hydrogen (secondary N) is 1. The Balaban J connectivity index is 1.45. The third-order valence-corrected chi connectivity index (χ3v) is 5.94. The van der Waals surface area contributed by atoms with Crippen molar-refractivity contribution < 1.29 is 9.72 Å². The van der Waals surface area contributed by atoms with E-state index in [1.807, 2.05) is 30.3 Å². The monoisotopic (exact) mass is 443 g/mol. The Labute approximate surface area is 181 Å². The molecule has 1 aliphatic carbocycles. The Kier molecular flexibility index (Phi) is 6.01. The number of hydrogen-bond donors (Lipinski definition) is 1. The van der Waals surface area contributed by atoms with Crippen molar-refractivity contribution in [2.45, 2.75) is 30.5 Å². The molecule has 10 heteroatoms. The van der Waals surface area contributed by atoms with Crippen LogP contribution >= 0.6 is 23.4 Å². The smallest absolute Gasteiger partial charge is 0.271 e. The average Bonchev–Trinajstić information content (AvgIpc) is 3.50. The maximum Gasteiger partial charge on any atom is 0.271 e. The number of anilines is 1. The summed E-state index contributed by atoms with van der Waals surface area (Å²) in [5, 5.41) is 23.1. The molecule has 0 saturated heterocycles. The van der Waals surface area contributed by atoms with E-state index in [2.05, 4.69) is 20.1 Å². The highest BCUT2D eigenvalue weighted by Gasteiger charge is 2.30. The summed E-state index contributed by atoms with van der Waals surface area (Å²) in [4.78, 5) is 22.8. The van der Waals surface area contributed by atoms with Crippen molar-refractivity contribution in [3.05, 3.63) is 75.1 Å². The van der Waals surface area contributed by atoms with Crippen molar-refractivity contribution in [1.82, 2.24) is 14.8 Å². The van der Waals surface area contributed by atoms with Gasteiger partial charge in [0.15, 0.2) is 5.16 Å². The molecule has 1 saturated carbocycles. The molecule has 0 spiro atoms. The van der Waals surface area contributed by atoms with Crippen LogP contribution in [-0.4, -0.2) is 31.3 Å². The summed E-state index contributed by atoms with van der Waals surface area (Å²) in [6.07, 6.45) is 2.20. The number of nitro benzene ring substituents is 1. The van der Waals surface area contributed by atoms with Crippen LogP contribution in [0.2, 0.25) is 5.02 Å². The number of nitro groups is 1. The molecule has 8 nitrogen and oxygen atoms in total. The second-order valence-electron chi connectivity index (χ2n) is 6.94. The standard InChI is InChI=1S/C20H18ClN5O3S/c21-16-9-8-15(26(28)29)10-17(16)22-18(27)12-30-20-24-23-19(14-6-7-14)25(20)11-13-4-2-1-3-5-13/h1-5,8-10,14H,6-7,11-12H2,(H,22,27). The first-order chi connectivity index (χ1) is 14.5. The normalized spacial score (nSPS) is 13.2. The van der Waals surface area contributed by atoms with E-state index in [1.54, 1.807) is 0 Å². The van der Waals surface area contributed by atoms with E-state index in [4.69, 9.17) is 11.6 Å². The van der Waals surface area contributed by atoms with Gasteiger partial charge in [-0.25, -0.2) is 0 Å². The zero-order valence-corrected chi connectivity index (χ0v) is 17.4. The Morgan fingerprint density at radius 2 is 2.00 bits per heavy atom. The summed E-state index contributed by atoms with van der Waals surface area (Å²) < 4.78 is 2.06. The highest BCUT2D eigenvalue weighted by atomic mass is 35.5. The maximum atomic E-state index is 12.4. The zero-order chi connectivity index (χ0) is 21.1. The second kappa shape index (κ2) is 8.85. The number of aromatic nitrogens is 3. The van der Waals surface area contributed by atoms with Crippen LogP contribution in [0.15, 0.2) is 53.7 Å². The maximum absolute atomic E-state index is 12.4. The average molecular weight is 444 g/mol. The molecule has 3 aromatic rings. The van der Waals surface area contributed by atoms with Crippen molar-refractivity contribution in [1.29, 1.82) is 0 Å². The van der Waals surface area contributed by atoms with Gasteiger partial charge in [0.25, 0.3) is 5.69 Å². The fourth-order valence-electron chi connectivity index (χ4n) is 3.00. The number of benzene rings is 2. The van der Waals surface area contributed by atoms with Crippen LogP contribution in [0.1, 0.15) is 30.1 Å². The van der Waals surface area contributed by atoms with E-state index in [-0.39, 0.29) is 28.1 Å². The van der Waals surface area contributed by atoms with E-state index in [0.29, 0.717) is 17.6 Å². The van der Waals surface area contributed by atoms with Crippen molar-refractivity contribution in [3.63, 3.8) is 0 Å². The lowest BCUT2D eigenvalue weighted by molar-refractivity contribution is -0.384. The summed E-state index contributed by atoms with van der Waals surface area (Å²) in [6, 6.07) is 14.0. The third-order valence-electron chi connectivity index (χ3n) is 4.64. The van der Waals surface area contributed by atoms with Crippen molar-refractivity contribution in [2.24, 2.45) is 0 Å². The number of thioether (sulfide) groups is 1. The Hall–Kier alpha value is -2.91. The molecule has 0 unspecified atom stereocenters. The van der Waals surface area contributed by atoms with Crippen LogP contribution < -0.4 is 5.32 Å². The summed E-state index contributed by atoms with van der Waals surface area (Å²) in [7, 11) is 0. The van der Waals surface area contributed by atoms with E-state index in [0.717, 1.165) is 24.2 Å². The molecule has 1 amide bonds. The SMILES string of the molecule is O=C(CSc1nnc(C2CC2)n1Cc1ccccc1)Nc1cc([N+](=O)[O-])ccc1Cl. The minimum atomic E-state index is -0.536. The predicted octanol–water partition coefficient (Wildman–Crippen LogP) is 4.50. The summed E-state index contributed by atoms with van der Waals surface area (Å²) in [6.45, 7) is 0.639. The van der Waals surface area contributed by atoms with Crippen LogP contribution in [0.25, 0.3) is 0 Å². The quantitative estimate of drug-likeness (QED) is 0.312. The highest BCUT2D eigenvalue weighted by Crippen LogP contribution is 2.40. The molecular formula is C20H18ClN5O3S. The van der Waals surface area contributed by atoms with Crippen LogP contribution in [-0.2, 0) is 11.3 Å². The van der Waals surface area contributed by atoms with Gasteiger partial charge in [-0.3, -0.25) is 14.9 Å². The van der Waals surface area contributed by atoms with Crippen LogP contribution in [0.3, 0.4) is 0 Å². The predicted molar refractivity (Wildman–Crippen MR) is 115 cm³/mol. The van der Waals surface area contributed by atoms with Gasteiger partial charge in [0, 0.05) is 18.1 Å². The summed E-state index contributed by atoms with van der Waals surface area (Å²) in [5.41, 5.74) is 1.20. The van der Waals surface area contributed by atoms with Gasteiger partial charge in [-0.05, 0) is 24.5 Å². The lowest BCUT2D eigenvalue weighted by Gasteiger charge is -2.10. The van der Waals surface area contributed by atoms with Crippen molar-refractivity contribution >= 4 is 40.6 Å². The fourth-order valence-corrected chi connectivity index (χ4v) is 3.91. The van der Waals surface area contributed by atoms with Gasteiger partial charge < -0.3 is 9.88 Å². The molecule has 154 valence electrons. The lowest BCUT2D eigenvalue weighted by atomic mass is 10.2. The zero-order valence-electron chi connectivity index (χ0n) is 15.8. The summed E-state index contributed by atoms with van der Waals surface area (Å²) in [5.74, 6) is 1.12. The van der Waals surface area contributed by atoms with Gasteiger partial charge in [-0.1, -0.05) is 53.7 Å². The number of nitrogens with zero attached hydrogens (tertiary/aromatic N) is 4. The van der Waals surface area contributed by atoms with Gasteiger partial charge in [-0.15, -0.1) is 10.2 Å². The molecule has 1 fully saturated rings. The van der Waals surface area contributed by atoms with Crippen molar-refractivity contribution in [2.75, 3.05) is 11.1 Å². The molecular weight excluding hydrogens is 426 g/mol. The molecule has 4 rings (SSSR count). The minimum Gasteiger partial charge on any atom is -0.324 e. The molecule has 1 aliphatic rings. The first kappa shape index (κ1) is 20.4. The molecule has 2 aromatic carbocycles. The number of carbonyl (C=O) groups excluding carboxylic acids is 1. The summed E-state index contributed by atoms with van der Waals surface area (Å²) >= 11 is 7.33. The molecule has 0 aliphatic heterocycles.